The molecular formula is C19H32. The fraction of sp³-hybridized carbons (Fsp3) is 0.895. The van der Waals surface area contributed by atoms with Crippen molar-refractivity contribution in [3.05, 3.63) is 11.6 Å². The first-order chi connectivity index (χ1) is 9.02. The van der Waals surface area contributed by atoms with Gasteiger partial charge in [0.25, 0.3) is 0 Å². The fourth-order valence-electron chi connectivity index (χ4n) is 5.88. The van der Waals surface area contributed by atoms with Gasteiger partial charge in [-0.15, -0.1) is 0 Å². The van der Waals surface area contributed by atoms with Crippen molar-refractivity contribution >= 4 is 0 Å². The highest BCUT2D eigenvalue weighted by atomic mass is 14.6. The average Bonchev–Trinajstić information content (AvgIpc) is 2.38. The molecule has 0 bridgehead atoms. The molecule has 0 aromatic carbocycles. The summed E-state index contributed by atoms with van der Waals surface area (Å²) >= 11 is 0. The van der Waals surface area contributed by atoms with Gasteiger partial charge in [0.15, 0.2) is 0 Å². The van der Waals surface area contributed by atoms with E-state index >= 15 is 0 Å². The van der Waals surface area contributed by atoms with Crippen molar-refractivity contribution in [2.75, 3.05) is 0 Å². The van der Waals surface area contributed by atoms with Crippen LogP contribution < -0.4 is 0 Å². The van der Waals surface area contributed by atoms with Gasteiger partial charge < -0.3 is 0 Å². The molecule has 0 radical (unpaired) electrons. The molecule has 0 amide bonds. The van der Waals surface area contributed by atoms with Crippen LogP contribution in [0.4, 0.5) is 0 Å². The largest absolute Gasteiger partial charge is 0.0817 e. The van der Waals surface area contributed by atoms with Crippen LogP contribution in [0.3, 0.4) is 0 Å². The van der Waals surface area contributed by atoms with Crippen molar-refractivity contribution in [3.8, 4) is 0 Å². The van der Waals surface area contributed by atoms with E-state index in [2.05, 4.69) is 33.8 Å². The Morgan fingerprint density at radius 2 is 1.89 bits per heavy atom. The van der Waals surface area contributed by atoms with Crippen molar-refractivity contribution in [2.45, 2.75) is 72.6 Å². The van der Waals surface area contributed by atoms with E-state index in [1.54, 1.807) is 5.57 Å². The highest BCUT2D eigenvalue weighted by Crippen LogP contribution is 2.60. The second kappa shape index (κ2) is 4.93. The van der Waals surface area contributed by atoms with Crippen molar-refractivity contribution < 1.29 is 0 Å². The third-order valence-corrected chi connectivity index (χ3v) is 7.00. The molecule has 19 heavy (non-hydrogen) atoms. The summed E-state index contributed by atoms with van der Waals surface area (Å²) in [6.45, 7) is 9.93. The van der Waals surface area contributed by atoms with Gasteiger partial charge in [-0.1, -0.05) is 52.2 Å². The summed E-state index contributed by atoms with van der Waals surface area (Å²) in [5.41, 5.74) is 2.42. The topological polar surface area (TPSA) is 0 Å². The molecule has 3 aliphatic rings. The Morgan fingerprint density at radius 1 is 1.11 bits per heavy atom. The second-order valence-electron chi connectivity index (χ2n) is 8.26. The van der Waals surface area contributed by atoms with E-state index in [0.29, 0.717) is 5.41 Å². The van der Waals surface area contributed by atoms with Gasteiger partial charge in [-0.2, -0.15) is 0 Å². The molecule has 0 aliphatic heterocycles. The Kier molecular flexibility index (Phi) is 3.56. The maximum Gasteiger partial charge on any atom is -0.0197 e. The van der Waals surface area contributed by atoms with Crippen LogP contribution in [0.1, 0.15) is 72.6 Å². The Hall–Kier alpha value is -0.260. The first-order valence-electron chi connectivity index (χ1n) is 8.73. The molecule has 0 aromatic heterocycles. The van der Waals surface area contributed by atoms with Crippen molar-refractivity contribution in [3.63, 3.8) is 0 Å². The van der Waals surface area contributed by atoms with Crippen molar-refractivity contribution in [1.82, 2.24) is 0 Å². The average molecular weight is 260 g/mol. The molecule has 3 unspecified atom stereocenters. The highest BCUT2D eigenvalue weighted by molar-refractivity contribution is 5.16. The molecule has 0 saturated heterocycles. The van der Waals surface area contributed by atoms with Gasteiger partial charge in [0.05, 0.1) is 0 Å². The standard InChI is InChI=1S/C19H32/c1-13(2)15-7-10-18-16(12-15)8-9-17-14(3)6-5-11-19(17,18)4/h12-14,16-18H,5-11H2,1-4H3/t14-,16?,17?,18?,19-/m0/s1. The molecular weight excluding hydrogens is 228 g/mol. The minimum absolute atomic E-state index is 0.666. The molecule has 0 aromatic rings. The number of rotatable bonds is 1. The minimum Gasteiger partial charge on any atom is -0.0817 e. The molecule has 3 rings (SSSR count). The lowest BCUT2D eigenvalue weighted by atomic mass is 9.48. The van der Waals surface area contributed by atoms with E-state index in [0.717, 1.165) is 29.6 Å². The molecule has 0 N–H and O–H groups in total. The van der Waals surface area contributed by atoms with Crippen LogP contribution in [0.25, 0.3) is 0 Å². The normalized spacial score (nSPS) is 46.5. The zero-order chi connectivity index (χ0) is 13.6. The molecule has 0 spiro atoms. The van der Waals surface area contributed by atoms with Gasteiger partial charge in [-0.25, -0.2) is 0 Å². The van der Waals surface area contributed by atoms with Gasteiger partial charge in [0.1, 0.15) is 0 Å². The van der Waals surface area contributed by atoms with E-state index in [9.17, 15) is 0 Å². The summed E-state index contributed by atoms with van der Waals surface area (Å²) < 4.78 is 0. The van der Waals surface area contributed by atoms with E-state index in [1.807, 2.05) is 0 Å². The molecule has 5 atom stereocenters. The Bertz CT molecular complexity index is 364. The number of allylic oxidation sites excluding steroid dienone is 2. The zero-order valence-electron chi connectivity index (χ0n) is 13.4. The third kappa shape index (κ3) is 2.20. The molecule has 2 saturated carbocycles. The Morgan fingerprint density at radius 3 is 2.63 bits per heavy atom. The second-order valence-corrected chi connectivity index (χ2v) is 8.26. The fourth-order valence-corrected chi connectivity index (χ4v) is 5.88. The minimum atomic E-state index is 0.666. The predicted octanol–water partition coefficient (Wildman–Crippen LogP) is 5.83. The zero-order valence-corrected chi connectivity index (χ0v) is 13.4. The number of hydrogen-bond donors (Lipinski definition) is 0. The Labute approximate surface area is 120 Å². The van der Waals surface area contributed by atoms with Crippen LogP contribution in [0, 0.1) is 35.0 Å². The van der Waals surface area contributed by atoms with E-state index in [1.165, 1.54) is 44.9 Å². The first-order valence-corrected chi connectivity index (χ1v) is 8.73. The summed E-state index contributed by atoms with van der Waals surface area (Å²) in [4.78, 5) is 0. The predicted molar refractivity (Wildman–Crippen MR) is 83.0 cm³/mol. The SMILES string of the molecule is CC(C)C1=CC2CCC3[C@@H](C)CCC[C@]3(C)C2CC1. The van der Waals surface area contributed by atoms with Gasteiger partial charge >= 0.3 is 0 Å². The van der Waals surface area contributed by atoms with Crippen LogP contribution in [0.5, 0.6) is 0 Å². The van der Waals surface area contributed by atoms with Crippen LogP contribution in [-0.4, -0.2) is 0 Å². The summed E-state index contributed by atoms with van der Waals surface area (Å²) in [5.74, 6) is 4.69. The van der Waals surface area contributed by atoms with Gasteiger partial charge in [0, 0.05) is 0 Å². The van der Waals surface area contributed by atoms with Crippen LogP contribution in [-0.2, 0) is 0 Å². The lowest BCUT2D eigenvalue weighted by molar-refractivity contribution is -0.0558. The third-order valence-electron chi connectivity index (χ3n) is 7.00. The monoisotopic (exact) mass is 260 g/mol. The van der Waals surface area contributed by atoms with Crippen LogP contribution in [0.15, 0.2) is 11.6 Å². The van der Waals surface area contributed by atoms with E-state index < -0.39 is 0 Å². The number of hydrogen-bond acceptors (Lipinski definition) is 0. The van der Waals surface area contributed by atoms with Crippen molar-refractivity contribution in [2.24, 2.45) is 35.0 Å². The number of fused-ring (bicyclic) bond motifs is 3. The molecule has 3 aliphatic carbocycles. The Balaban J connectivity index is 1.86. The van der Waals surface area contributed by atoms with E-state index in [-0.39, 0.29) is 0 Å². The lowest BCUT2D eigenvalue weighted by Crippen LogP contribution is -2.48. The molecule has 0 heterocycles. The summed E-state index contributed by atoms with van der Waals surface area (Å²) in [7, 11) is 0. The van der Waals surface area contributed by atoms with Gasteiger partial charge in [-0.3, -0.25) is 0 Å². The van der Waals surface area contributed by atoms with E-state index in [4.69, 9.17) is 0 Å². The maximum atomic E-state index is 2.71. The molecule has 0 heteroatoms. The highest BCUT2D eigenvalue weighted by Gasteiger charge is 2.51. The lowest BCUT2D eigenvalue weighted by Gasteiger charge is -2.57. The van der Waals surface area contributed by atoms with Crippen LogP contribution >= 0.6 is 0 Å². The van der Waals surface area contributed by atoms with Gasteiger partial charge in [-0.05, 0) is 67.1 Å². The summed E-state index contributed by atoms with van der Waals surface area (Å²) in [6.07, 6.45) is 13.0. The summed E-state index contributed by atoms with van der Waals surface area (Å²) in [5, 5.41) is 0. The quantitative estimate of drug-likeness (QED) is 0.520. The van der Waals surface area contributed by atoms with Gasteiger partial charge in [0.2, 0.25) is 0 Å². The molecule has 0 nitrogen and oxygen atoms in total. The molecule has 2 fully saturated rings. The molecule has 108 valence electrons. The first kappa shape index (κ1) is 13.7. The maximum absolute atomic E-state index is 2.71. The van der Waals surface area contributed by atoms with Crippen LogP contribution in [0.2, 0.25) is 0 Å². The smallest absolute Gasteiger partial charge is 0.0197 e. The van der Waals surface area contributed by atoms with Crippen molar-refractivity contribution in [1.29, 1.82) is 0 Å². The summed E-state index contributed by atoms with van der Waals surface area (Å²) in [6, 6.07) is 0.